The van der Waals surface area contributed by atoms with Gasteiger partial charge >= 0.3 is 0 Å². The molecule has 0 radical (unpaired) electrons. The van der Waals surface area contributed by atoms with E-state index in [-0.39, 0.29) is 0 Å². The van der Waals surface area contributed by atoms with E-state index in [1.807, 2.05) is 30.9 Å². The van der Waals surface area contributed by atoms with Crippen LogP contribution in [0, 0.1) is 0 Å². The Bertz CT molecular complexity index is 981. The summed E-state index contributed by atoms with van der Waals surface area (Å²) >= 11 is 0. The average molecular weight is 313 g/mol. The van der Waals surface area contributed by atoms with Gasteiger partial charge in [-0.25, -0.2) is 4.98 Å². The van der Waals surface area contributed by atoms with Gasteiger partial charge in [0, 0.05) is 29.5 Å². The third-order valence-corrected chi connectivity index (χ3v) is 4.38. The Hall–Kier alpha value is -2.94. The van der Waals surface area contributed by atoms with Gasteiger partial charge in [-0.2, -0.15) is 0 Å². The van der Waals surface area contributed by atoms with Crippen LogP contribution in [0.2, 0.25) is 0 Å². The van der Waals surface area contributed by atoms with Crippen LogP contribution in [-0.4, -0.2) is 14.5 Å². The first-order valence-corrected chi connectivity index (χ1v) is 8.20. The number of pyridine rings is 2. The third kappa shape index (κ3) is 2.58. The molecule has 0 N–H and O–H groups in total. The molecule has 0 spiro atoms. The predicted octanol–water partition coefficient (Wildman–Crippen LogP) is 5.21. The lowest BCUT2D eigenvalue weighted by atomic mass is 9.98. The molecule has 0 saturated heterocycles. The van der Waals surface area contributed by atoms with Gasteiger partial charge in [-0.05, 0) is 41.3 Å². The monoisotopic (exact) mass is 313 g/mol. The first-order valence-electron chi connectivity index (χ1n) is 8.20. The largest absolute Gasteiger partial charge is 0.300 e. The smallest absolute Gasteiger partial charge is 0.137 e. The molecule has 3 nitrogen and oxygen atoms in total. The minimum Gasteiger partial charge on any atom is -0.300 e. The van der Waals surface area contributed by atoms with Crippen molar-refractivity contribution in [1.82, 2.24) is 14.5 Å². The average Bonchev–Trinajstić information content (AvgIpc) is 3.06. The molecule has 3 heteroatoms. The van der Waals surface area contributed by atoms with Gasteiger partial charge in [0.25, 0.3) is 0 Å². The van der Waals surface area contributed by atoms with Gasteiger partial charge in [0.05, 0.1) is 11.7 Å². The van der Waals surface area contributed by atoms with E-state index in [0.29, 0.717) is 5.92 Å². The van der Waals surface area contributed by atoms with E-state index in [1.165, 1.54) is 16.5 Å². The molecule has 24 heavy (non-hydrogen) atoms. The van der Waals surface area contributed by atoms with E-state index in [1.54, 1.807) is 0 Å². The first kappa shape index (κ1) is 14.6. The molecule has 0 unspecified atom stereocenters. The molecule has 3 heterocycles. The van der Waals surface area contributed by atoms with E-state index in [2.05, 4.69) is 70.8 Å². The normalized spacial score (nSPS) is 11.3. The van der Waals surface area contributed by atoms with Gasteiger partial charge in [-0.15, -0.1) is 0 Å². The maximum atomic E-state index is 4.66. The zero-order valence-electron chi connectivity index (χ0n) is 13.8. The summed E-state index contributed by atoms with van der Waals surface area (Å²) < 4.78 is 2.07. The van der Waals surface area contributed by atoms with E-state index in [9.17, 15) is 0 Å². The van der Waals surface area contributed by atoms with Crippen LogP contribution in [0.25, 0.3) is 27.8 Å². The number of rotatable bonds is 3. The summed E-state index contributed by atoms with van der Waals surface area (Å²) in [4.78, 5) is 8.87. The molecule has 0 amide bonds. The van der Waals surface area contributed by atoms with Gasteiger partial charge in [0.2, 0.25) is 0 Å². The van der Waals surface area contributed by atoms with Crippen LogP contribution in [0.3, 0.4) is 0 Å². The SMILES string of the molecule is CC(C)c1cccc(-c2ccc(-n3ccc4ccncc43)nc2)c1. The van der Waals surface area contributed by atoms with Crippen molar-refractivity contribution in [2.45, 2.75) is 19.8 Å². The van der Waals surface area contributed by atoms with Crippen LogP contribution in [-0.2, 0) is 0 Å². The predicted molar refractivity (Wildman–Crippen MR) is 98.4 cm³/mol. The van der Waals surface area contributed by atoms with Crippen molar-refractivity contribution in [3.63, 3.8) is 0 Å². The van der Waals surface area contributed by atoms with Gasteiger partial charge < -0.3 is 0 Å². The number of nitrogens with zero attached hydrogens (tertiary/aromatic N) is 3. The number of fused-ring (bicyclic) bond motifs is 1. The van der Waals surface area contributed by atoms with Crippen molar-refractivity contribution in [2.75, 3.05) is 0 Å². The maximum Gasteiger partial charge on any atom is 0.137 e. The van der Waals surface area contributed by atoms with Crippen LogP contribution < -0.4 is 0 Å². The van der Waals surface area contributed by atoms with Crippen molar-refractivity contribution in [1.29, 1.82) is 0 Å². The summed E-state index contributed by atoms with van der Waals surface area (Å²) in [5, 5.41) is 1.17. The molecule has 118 valence electrons. The molecular weight excluding hydrogens is 294 g/mol. The maximum absolute atomic E-state index is 4.66. The highest BCUT2D eigenvalue weighted by Gasteiger charge is 2.06. The summed E-state index contributed by atoms with van der Waals surface area (Å²) in [7, 11) is 0. The topological polar surface area (TPSA) is 30.7 Å². The third-order valence-electron chi connectivity index (χ3n) is 4.38. The summed E-state index contributed by atoms with van der Waals surface area (Å²) in [5.41, 5.74) is 4.76. The molecule has 3 aromatic heterocycles. The summed E-state index contributed by atoms with van der Waals surface area (Å²) in [6.07, 6.45) is 7.66. The van der Waals surface area contributed by atoms with Crippen LogP contribution in [0.15, 0.2) is 73.3 Å². The fourth-order valence-corrected chi connectivity index (χ4v) is 2.95. The molecule has 4 aromatic rings. The molecule has 0 aliphatic heterocycles. The highest BCUT2D eigenvalue weighted by molar-refractivity contribution is 5.80. The standard InChI is InChI=1S/C21H19N3/c1-15(2)17-4-3-5-18(12-17)19-6-7-21(23-13-19)24-11-9-16-8-10-22-14-20(16)24/h3-15H,1-2H3. The number of hydrogen-bond donors (Lipinski definition) is 0. The Morgan fingerprint density at radius 2 is 1.83 bits per heavy atom. The van der Waals surface area contributed by atoms with Crippen LogP contribution in [0.1, 0.15) is 25.3 Å². The highest BCUT2D eigenvalue weighted by Crippen LogP contribution is 2.25. The van der Waals surface area contributed by atoms with Crippen molar-refractivity contribution in [2.24, 2.45) is 0 Å². The summed E-state index contributed by atoms with van der Waals surface area (Å²) in [6, 6.07) is 17.0. The van der Waals surface area contributed by atoms with Crippen molar-refractivity contribution < 1.29 is 0 Å². The van der Waals surface area contributed by atoms with Crippen LogP contribution in [0.4, 0.5) is 0 Å². The number of benzene rings is 1. The van der Waals surface area contributed by atoms with Crippen LogP contribution >= 0.6 is 0 Å². The van der Waals surface area contributed by atoms with E-state index < -0.39 is 0 Å². The minimum absolute atomic E-state index is 0.524. The summed E-state index contributed by atoms with van der Waals surface area (Å²) in [5.74, 6) is 1.43. The second-order valence-electron chi connectivity index (χ2n) is 6.31. The number of hydrogen-bond acceptors (Lipinski definition) is 2. The van der Waals surface area contributed by atoms with E-state index in [0.717, 1.165) is 16.9 Å². The van der Waals surface area contributed by atoms with Crippen molar-refractivity contribution in [3.05, 3.63) is 78.9 Å². The van der Waals surface area contributed by atoms with E-state index >= 15 is 0 Å². The highest BCUT2D eigenvalue weighted by atomic mass is 15.1. The second-order valence-corrected chi connectivity index (χ2v) is 6.31. The second kappa shape index (κ2) is 5.93. The zero-order chi connectivity index (χ0) is 16.5. The molecule has 0 aliphatic rings. The molecule has 4 rings (SSSR count). The van der Waals surface area contributed by atoms with E-state index in [4.69, 9.17) is 0 Å². The molecule has 0 aliphatic carbocycles. The molecule has 0 fully saturated rings. The van der Waals surface area contributed by atoms with Crippen molar-refractivity contribution in [3.8, 4) is 16.9 Å². The van der Waals surface area contributed by atoms with Crippen molar-refractivity contribution >= 4 is 10.9 Å². The summed E-state index contributed by atoms with van der Waals surface area (Å²) in [6.45, 7) is 4.43. The van der Waals surface area contributed by atoms with Gasteiger partial charge in [-0.3, -0.25) is 9.55 Å². The Morgan fingerprint density at radius 1 is 0.917 bits per heavy atom. The molecule has 1 aromatic carbocycles. The Balaban J connectivity index is 1.71. The van der Waals surface area contributed by atoms with Gasteiger partial charge in [0.1, 0.15) is 5.82 Å². The Morgan fingerprint density at radius 3 is 2.62 bits per heavy atom. The molecular formula is C21H19N3. The number of aromatic nitrogens is 3. The first-order chi connectivity index (χ1) is 11.7. The fourth-order valence-electron chi connectivity index (χ4n) is 2.95. The molecule has 0 saturated carbocycles. The zero-order valence-corrected chi connectivity index (χ0v) is 13.8. The fraction of sp³-hybridized carbons (Fsp3) is 0.143. The minimum atomic E-state index is 0.524. The molecule has 0 atom stereocenters. The lowest BCUT2D eigenvalue weighted by Gasteiger charge is -2.09. The lowest BCUT2D eigenvalue weighted by molar-refractivity contribution is 0.867. The van der Waals surface area contributed by atoms with Gasteiger partial charge in [-0.1, -0.05) is 38.1 Å². The molecule has 0 bridgehead atoms. The lowest BCUT2D eigenvalue weighted by Crippen LogP contribution is -1.96. The van der Waals surface area contributed by atoms with Gasteiger partial charge in [0.15, 0.2) is 0 Å². The van der Waals surface area contributed by atoms with Crippen LogP contribution in [0.5, 0.6) is 0 Å². The quantitative estimate of drug-likeness (QED) is 0.520. The Kier molecular flexibility index (Phi) is 3.62. The Labute approximate surface area is 141 Å².